The molecule has 15 heteroatoms. The van der Waals surface area contributed by atoms with Gasteiger partial charge in [0.1, 0.15) is 5.75 Å². The van der Waals surface area contributed by atoms with Crippen LogP contribution >= 0.6 is 22.7 Å². The maximum Gasteiger partial charge on any atom is 0.419 e. The molecule has 4 aromatic heterocycles. The number of aliphatic carboxylic acids is 1. The zero-order chi connectivity index (χ0) is 43.5. The number of carboxylic acids is 1. The first kappa shape index (κ1) is 44.7. The van der Waals surface area contributed by atoms with Crippen molar-refractivity contribution in [3.05, 3.63) is 119 Å². The van der Waals surface area contributed by atoms with Crippen LogP contribution in [0.4, 0.5) is 0 Å². The fourth-order valence-corrected chi connectivity index (χ4v) is 11.3. The molecule has 7 rings (SSSR count). The standard InChI is InChI=1S/C46H58N4O8S2Si/c1-45(2,3)61(5,6)58-38(33-17-20-36(51)42-34(33)18-21-41(52)48-42)29-47-23-22-30-12-19-35-37(28-30)56-44(55)50(35)25-9-24-49(4)31-13-15-32(16-14-31)57-46(43(53)54,39-10-7-26-59-39)40-11-8-27-60-40/h7-8,10-12,17-21,26-28,31-32,38,47,51H,9,13-16,22-25,29H2,1-6H3,(H,48,52)(H,53,54)/t31?,32?,38-/m0/s1. The number of fused-ring (bicyclic) bond motifs is 2. The van der Waals surface area contributed by atoms with Gasteiger partial charge in [-0.25, -0.2) is 9.59 Å². The summed E-state index contributed by atoms with van der Waals surface area (Å²) in [4.78, 5) is 44.5. The van der Waals surface area contributed by atoms with E-state index in [1.54, 1.807) is 16.7 Å². The molecule has 0 amide bonds. The van der Waals surface area contributed by atoms with Gasteiger partial charge in [-0.1, -0.05) is 45.0 Å². The molecule has 0 aliphatic heterocycles. The van der Waals surface area contributed by atoms with E-state index in [1.807, 2.05) is 59.3 Å². The number of aromatic amines is 1. The number of carboxylic acid groups (broad SMARTS) is 1. The Hall–Kier alpha value is -4.35. The number of carbonyl (C=O) groups is 1. The quantitative estimate of drug-likeness (QED) is 0.0485. The largest absolute Gasteiger partial charge is 0.506 e. The number of thiophene rings is 2. The smallest absolute Gasteiger partial charge is 0.419 e. The number of benzene rings is 2. The van der Waals surface area contributed by atoms with Crippen molar-refractivity contribution in [2.75, 3.05) is 26.7 Å². The number of H-pyrrole nitrogens is 1. The van der Waals surface area contributed by atoms with E-state index in [1.165, 1.54) is 28.7 Å². The first-order valence-electron chi connectivity index (χ1n) is 21.1. The van der Waals surface area contributed by atoms with Gasteiger partial charge in [-0.3, -0.25) is 9.36 Å². The fourth-order valence-electron chi connectivity index (χ4n) is 8.20. The third-order valence-electron chi connectivity index (χ3n) is 12.7. The van der Waals surface area contributed by atoms with E-state index in [0.29, 0.717) is 53.0 Å². The molecule has 6 aromatic rings. The monoisotopic (exact) mass is 886 g/mol. The Morgan fingerprint density at radius 3 is 2.36 bits per heavy atom. The minimum Gasteiger partial charge on any atom is -0.506 e. The predicted octanol–water partition coefficient (Wildman–Crippen LogP) is 8.84. The van der Waals surface area contributed by atoms with Crippen LogP contribution in [-0.2, 0) is 32.5 Å². The summed E-state index contributed by atoms with van der Waals surface area (Å²) in [6.07, 6.45) is 4.35. The van der Waals surface area contributed by atoms with Gasteiger partial charge in [0.2, 0.25) is 11.2 Å². The number of aryl methyl sites for hydroxylation is 1. The number of phenols is 1. The van der Waals surface area contributed by atoms with Crippen LogP contribution in [0.15, 0.2) is 91.5 Å². The number of pyridine rings is 1. The van der Waals surface area contributed by atoms with Crippen molar-refractivity contribution >= 4 is 59.0 Å². The van der Waals surface area contributed by atoms with Crippen LogP contribution in [0.3, 0.4) is 0 Å². The van der Waals surface area contributed by atoms with Crippen LogP contribution in [0.2, 0.25) is 18.1 Å². The van der Waals surface area contributed by atoms with Gasteiger partial charge in [-0.15, -0.1) is 22.7 Å². The molecule has 0 unspecified atom stereocenters. The first-order chi connectivity index (χ1) is 29.1. The average molecular weight is 887 g/mol. The number of hydrogen-bond acceptors (Lipinski definition) is 11. The van der Waals surface area contributed by atoms with Gasteiger partial charge in [0.05, 0.1) is 33.0 Å². The Morgan fingerprint density at radius 1 is 1.02 bits per heavy atom. The number of aromatic nitrogens is 2. The zero-order valence-corrected chi connectivity index (χ0v) is 38.5. The second-order valence-corrected chi connectivity index (χ2v) is 24.4. The van der Waals surface area contributed by atoms with E-state index in [0.717, 1.165) is 60.7 Å². The molecule has 0 radical (unpaired) electrons. The maximum atomic E-state index is 13.1. The maximum absolute atomic E-state index is 13.1. The van der Waals surface area contributed by atoms with Crippen LogP contribution in [0.5, 0.6) is 5.75 Å². The van der Waals surface area contributed by atoms with E-state index in [9.17, 15) is 24.6 Å². The number of nitrogens with one attached hydrogen (secondary N) is 2. The molecular weight excluding hydrogens is 829 g/mol. The third-order valence-corrected chi connectivity index (χ3v) is 19.1. The van der Waals surface area contributed by atoms with Gasteiger partial charge >= 0.3 is 11.7 Å². The van der Waals surface area contributed by atoms with E-state index >= 15 is 0 Å². The molecule has 2 aromatic carbocycles. The molecule has 0 bridgehead atoms. The first-order valence-corrected chi connectivity index (χ1v) is 25.8. The molecule has 326 valence electrons. The Morgan fingerprint density at radius 2 is 1.72 bits per heavy atom. The van der Waals surface area contributed by atoms with Gasteiger partial charge in [0.15, 0.2) is 13.9 Å². The highest BCUT2D eigenvalue weighted by molar-refractivity contribution is 7.12. The number of nitrogens with zero attached hydrogens (tertiary/aromatic N) is 2. The number of hydrogen-bond donors (Lipinski definition) is 4. The highest BCUT2D eigenvalue weighted by Crippen LogP contribution is 2.43. The Kier molecular flexibility index (Phi) is 13.6. The Labute approximate surface area is 365 Å². The van der Waals surface area contributed by atoms with Crippen molar-refractivity contribution in [2.24, 2.45) is 0 Å². The molecule has 61 heavy (non-hydrogen) atoms. The van der Waals surface area contributed by atoms with Crippen molar-refractivity contribution in [1.82, 2.24) is 19.8 Å². The Balaban J connectivity index is 0.924. The third kappa shape index (κ3) is 9.68. The highest BCUT2D eigenvalue weighted by Gasteiger charge is 2.48. The van der Waals surface area contributed by atoms with Crippen molar-refractivity contribution in [1.29, 1.82) is 0 Å². The van der Waals surface area contributed by atoms with E-state index in [-0.39, 0.29) is 34.3 Å². The fraction of sp³-hybridized carbons (Fsp3) is 0.457. The lowest BCUT2D eigenvalue weighted by atomic mass is 9.90. The molecule has 4 N–H and O–H groups in total. The molecule has 4 heterocycles. The number of aromatic hydroxyl groups is 1. The number of ether oxygens (including phenoxy) is 1. The summed E-state index contributed by atoms with van der Waals surface area (Å²) in [5, 5.41) is 29.2. The van der Waals surface area contributed by atoms with Crippen molar-refractivity contribution in [2.45, 2.75) is 108 Å². The molecule has 1 fully saturated rings. The van der Waals surface area contributed by atoms with Crippen LogP contribution in [-0.4, -0.2) is 77.8 Å². The molecule has 1 aliphatic carbocycles. The molecule has 0 saturated heterocycles. The van der Waals surface area contributed by atoms with Gasteiger partial charge in [0.25, 0.3) is 0 Å². The van der Waals surface area contributed by atoms with Gasteiger partial charge in [-0.05, 0) is 135 Å². The van der Waals surface area contributed by atoms with Crippen LogP contribution < -0.4 is 16.6 Å². The van der Waals surface area contributed by atoms with Crippen LogP contribution in [0.25, 0.3) is 22.0 Å². The normalized spacial score (nSPS) is 17.1. The van der Waals surface area contributed by atoms with Crippen molar-refractivity contribution in [3.63, 3.8) is 0 Å². The van der Waals surface area contributed by atoms with Crippen molar-refractivity contribution in [3.8, 4) is 5.75 Å². The summed E-state index contributed by atoms with van der Waals surface area (Å²) < 4.78 is 21.0. The molecule has 1 atom stereocenters. The van der Waals surface area contributed by atoms with Crippen LogP contribution in [0, 0.1) is 0 Å². The highest BCUT2D eigenvalue weighted by atomic mass is 32.1. The Bertz CT molecular complexity index is 2500. The van der Waals surface area contributed by atoms with E-state index < -0.39 is 19.9 Å². The summed E-state index contributed by atoms with van der Waals surface area (Å²) in [5.41, 5.74) is 1.92. The predicted molar refractivity (Wildman–Crippen MR) is 246 cm³/mol. The molecule has 1 aliphatic rings. The molecular formula is C46H58N4O8S2Si. The second-order valence-electron chi connectivity index (χ2n) is 17.8. The molecule has 0 spiro atoms. The second kappa shape index (κ2) is 18.6. The lowest BCUT2D eigenvalue weighted by Gasteiger charge is -2.39. The lowest BCUT2D eigenvalue weighted by molar-refractivity contribution is -0.170. The van der Waals surface area contributed by atoms with E-state index in [4.69, 9.17) is 13.6 Å². The summed E-state index contributed by atoms with van der Waals surface area (Å²) in [7, 11) is -0.0938. The summed E-state index contributed by atoms with van der Waals surface area (Å²) >= 11 is 2.82. The summed E-state index contributed by atoms with van der Waals surface area (Å²) in [6.45, 7) is 13.6. The van der Waals surface area contributed by atoms with Gasteiger partial charge < -0.3 is 39.0 Å². The summed E-state index contributed by atoms with van der Waals surface area (Å²) in [5.74, 6) is -1.33. The van der Waals surface area contributed by atoms with Gasteiger partial charge in [0, 0.05) is 30.6 Å². The lowest BCUT2D eigenvalue weighted by Crippen LogP contribution is -2.44. The average Bonchev–Trinajstić information content (AvgIpc) is 4.02. The zero-order valence-electron chi connectivity index (χ0n) is 35.9. The SMILES string of the molecule is CN(CCCn1c(=O)oc2cc(CCNC[C@H](O[Si](C)(C)C(C)(C)C)c3ccc(O)c4[nH]c(=O)ccc34)ccc21)C1CCC(OC(C(=O)O)(c2cccs2)c2cccs2)CC1. The van der Waals surface area contributed by atoms with E-state index in [2.05, 4.69) is 56.1 Å². The minimum atomic E-state index is -2.22. The molecule has 12 nitrogen and oxygen atoms in total. The topological polar surface area (TPSA) is 159 Å². The number of oxazole rings is 1. The molecule has 1 saturated carbocycles. The van der Waals surface area contributed by atoms with Crippen LogP contribution in [0.1, 0.15) is 79.9 Å². The minimum absolute atomic E-state index is 0.0199. The van der Waals surface area contributed by atoms with Gasteiger partial charge in [-0.2, -0.15) is 0 Å². The number of rotatable bonds is 18. The summed E-state index contributed by atoms with van der Waals surface area (Å²) in [6, 6.07) is 20.5. The number of phenolic OH excluding ortho intramolecular Hbond substituents is 1. The van der Waals surface area contributed by atoms with Crippen molar-refractivity contribution < 1.29 is 28.6 Å².